The van der Waals surface area contributed by atoms with Crippen molar-refractivity contribution >= 4 is 23.3 Å². The third kappa shape index (κ3) is 1.63. The van der Waals surface area contributed by atoms with Gasteiger partial charge in [0.2, 0.25) is 0 Å². The molecule has 0 aliphatic heterocycles. The fourth-order valence-corrected chi connectivity index (χ4v) is 1.07. The summed E-state index contributed by atoms with van der Waals surface area (Å²) in [5.41, 5.74) is 4.32. The maximum atomic E-state index is 13.2. The summed E-state index contributed by atoms with van der Waals surface area (Å²) in [5, 5.41) is -0.778. The van der Waals surface area contributed by atoms with E-state index in [-0.39, 0.29) is 5.69 Å². The van der Waals surface area contributed by atoms with Gasteiger partial charge in [0, 0.05) is 0 Å². The monoisotopic (exact) mass is 221 g/mol. The number of halogens is 3. The Labute approximate surface area is 83.4 Å². The molecule has 0 heterocycles. The molecular weight excluding hydrogens is 216 g/mol. The number of hydrogen-bond donors (Lipinski definition) is 1. The molecule has 1 rings (SSSR count). The van der Waals surface area contributed by atoms with Crippen LogP contribution < -0.4 is 5.73 Å². The van der Waals surface area contributed by atoms with Gasteiger partial charge in [-0.1, -0.05) is 11.6 Å². The number of carbonyl (C=O) groups excluding carboxylic acids is 1. The molecule has 0 saturated carbocycles. The Morgan fingerprint density at radius 2 is 2.14 bits per heavy atom. The predicted molar refractivity (Wildman–Crippen MR) is 47.1 cm³/mol. The molecule has 1 aromatic rings. The fraction of sp³-hybridized carbons (Fsp3) is 0.125. The van der Waals surface area contributed by atoms with Crippen LogP contribution in [0.2, 0.25) is 5.02 Å². The number of methoxy groups -OCH3 is 1. The fourth-order valence-electron chi connectivity index (χ4n) is 0.923. The van der Waals surface area contributed by atoms with Crippen LogP contribution in [0.5, 0.6) is 0 Å². The van der Waals surface area contributed by atoms with E-state index < -0.39 is 28.2 Å². The third-order valence-electron chi connectivity index (χ3n) is 1.58. The van der Waals surface area contributed by atoms with Crippen LogP contribution in [0, 0.1) is 11.6 Å². The van der Waals surface area contributed by atoms with Crippen molar-refractivity contribution in [1.29, 1.82) is 0 Å². The number of nitrogens with two attached hydrogens (primary N) is 1. The van der Waals surface area contributed by atoms with Crippen molar-refractivity contribution in [2.75, 3.05) is 12.8 Å². The number of ether oxygens (including phenoxy) is 1. The number of rotatable bonds is 1. The molecule has 0 radical (unpaired) electrons. The Morgan fingerprint density at radius 1 is 1.57 bits per heavy atom. The van der Waals surface area contributed by atoms with Gasteiger partial charge in [-0.15, -0.1) is 0 Å². The summed E-state index contributed by atoms with van der Waals surface area (Å²) >= 11 is 5.24. The summed E-state index contributed by atoms with van der Waals surface area (Å²) in [6.07, 6.45) is 0. The minimum absolute atomic E-state index is 0.351. The van der Waals surface area contributed by atoms with Crippen molar-refractivity contribution in [3.05, 3.63) is 28.3 Å². The zero-order valence-electron chi connectivity index (χ0n) is 7.11. The standard InChI is InChI=1S/C8H6ClF2NO2/c1-14-8(13)5-4(12)2-3(10)6(9)7(5)11/h2H,12H2,1H3. The van der Waals surface area contributed by atoms with Crippen LogP contribution in [0.15, 0.2) is 6.07 Å². The van der Waals surface area contributed by atoms with Gasteiger partial charge in [0.15, 0.2) is 5.82 Å². The highest BCUT2D eigenvalue weighted by Gasteiger charge is 2.21. The van der Waals surface area contributed by atoms with Crippen LogP contribution in [0.3, 0.4) is 0 Å². The highest BCUT2D eigenvalue weighted by Crippen LogP contribution is 2.27. The smallest absolute Gasteiger partial charge is 0.343 e. The van der Waals surface area contributed by atoms with Crippen molar-refractivity contribution in [3.8, 4) is 0 Å². The third-order valence-corrected chi connectivity index (χ3v) is 1.93. The Bertz CT molecular complexity index is 395. The first-order valence-electron chi connectivity index (χ1n) is 3.50. The van der Waals surface area contributed by atoms with Crippen molar-refractivity contribution in [1.82, 2.24) is 0 Å². The van der Waals surface area contributed by atoms with Crippen molar-refractivity contribution < 1.29 is 18.3 Å². The quantitative estimate of drug-likeness (QED) is 0.448. The number of carbonyl (C=O) groups is 1. The first kappa shape index (κ1) is 10.7. The van der Waals surface area contributed by atoms with E-state index in [9.17, 15) is 13.6 Å². The largest absolute Gasteiger partial charge is 0.465 e. The average Bonchev–Trinajstić information content (AvgIpc) is 2.14. The molecule has 3 nitrogen and oxygen atoms in total. The second-order valence-electron chi connectivity index (χ2n) is 2.44. The molecule has 76 valence electrons. The van der Waals surface area contributed by atoms with Gasteiger partial charge >= 0.3 is 5.97 Å². The van der Waals surface area contributed by atoms with E-state index in [0.717, 1.165) is 13.2 Å². The molecule has 6 heteroatoms. The molecule has 0 amide bonds. The van der Waals surface area contributed by atoms with E-state index in [0.29, 0.717) is 0 Å². The molecule has 0 saturated heterocycles. The first-order valence-corrected chi connectivity index (χ1v) is 3.88. The minimum Gasteiger partial charge on any atom is -0.465 e. The van der Waals surface area contributed by atoms with Gasteiger partial charge in [0.25, 0.3) is 0 Å². The van der Waals surface area contributed by atoms with Crippen LogP contribution in [0.4, 0.5) is 14.5 Å². The Balaban J connectivity index is 3.44. The summed E-state index contributed by atoms with van der Waals surface area (Å²) in [7, 11) is 1.05. The van der Waals surface area contributed by atoms with Crippen LogP contribution in [-0.2, 0) is 4.74 Å². The Kier molecular flexibility index (Phi) is 2.90. The summed E-state index contributed by atoms with van der Waals surface area (Å²) in [5.74, 6) is -3.23. The van der Waals surface area contributed by atoms with E-state index in [2.05, 4.69) is 4.74 Å². The molecule has 14 heavy (non-hydrogen) atoms. The molecule has 0 aliphatic rings. The molecule has 0 atom stereocenters. The van der Waals surface area contributed by atoms with E-state index in [1.54, 1.807) is 0 Å². The lowest BCUT2D eigenvalue weighted by Crippen LogP contribution is -2.10. The summed E-state index contributed by atoms with van der Waals surface area (Å²) in [6.45, 7) is 0. The van der Waals surface area contributed by atoms with Gasteiger partial charge in [-0.2, -0.15) is 0 Å². The summed E-state index contributed by atoms with van der Waals surface area (Å²) < 4.78 is 30.2. The Hall–Kier alpha value is -1.36. The molecule has 0 unspecified atom stereocenters. The van der Waals surface area contributed by atoms with Crippen molar-refractivity contribution in [3.63, 3.8) is 0 Å². The molecule has 0 fully saturated rings. The molecule has 0 aliphatic carbocycles. The maximum absolute atomic E-state index is 13.2. The summed E-state index contributed by atoms with van der Waals surface area (Å²) in [4.78, 5) is 11.0. The normalized spacial score (nSPS) is 10.0. The molecular formula is C8H6ClF2NO2. The van der Waals surface area contributed by atoms with E-state index >= 15 is 0 Å². The van der Waals surface area contributed by atoms with Gasteiger partial charge in [0.1, 0.15) is 16.4 Å². The van der Waals surface area contributed by atoms with Crippen LogP contribution >= 0.6 is 11.6 Å². The van der Waals surface area contributed by atoms with Crippen LogP contribution in [0.1, 0.15) is 10.4 Å². The summed E-state index contributed by atoms with van der Waals surface area (Å²) in [6, 6.07) is 0.762. The van der Waals surface area contributed by atoms with Crippen molar-refractivity contribution in [2.24, 2.45) is 0 Å². The molecule has 1 aromatic carbocycles. The maximum Gasteiger partial charge on any atom is 0.343 e. The highest BCUT2D eigenvalue weighted by molar-refractivity contribution is 6.31. The van der Waals surface area contributed by atoms with Crippen molar-refractivity contribution in [2.45, 2.75) is 0 Å². The number of hydrogen-bond acceptors (Lipinski definition) is 3. The first-order chi connectivity index (χ1) is 6.49. The SMILES string of the molecule is COC(=O)c1c(N)cc(F)c(Cl)c1F. The van der Waals surface area contributed by atoms with Gasteiger partial charge in [-0.25, -0.2) is 13.6 Å². The topological polar surface area (TPSA) is 52.3 Å². The zero-order valence-corrected chi connectivity index (χ0v) is 7.86. The molecule has 0 aromatic heterocycles. The van der Waals surface area contributed by atoms with Gasteiger partial charge < -0.3 is 10.5 Å². The van der Waals surface area contributed by atoms with Gasteiger partial charge in [0.05, 0.1) is 12.8 Å². The van der Waals surface area contributed by atoms with Crippen LogP contribution in [0.25, 0.3) is 0 Å². The van der Waals surface area contributed by atoms with Crippen LogP contribution in [-0.4, -0.2) is 13.1 Å². The molecule has 0 spiro atoms. The second-order valence-corrected chi connectivity index (χ2v) is 2.82. The number of benzene rings is 1. The lowest BCUT2D eigenvalue weighted by molar-refractivity contribution is 0.0596. The number of nitrogen functional groups attached to an aromatic ring is 1. The molecule has 2 N–H and O–H groups in total. The number of anilines is 1. The Morgan fingerprint density at radius 3 is 2.64 bits per heavy atom. The van der Waals surface area contributed by atoms with E-state index in [1.807, 2.05) is 0 Å². The predicted octanol–water partition coefficient (Wildman–Crippen LogP) is 1.99. The average molecular weight is 222 g/mol. The molecule has 0 bridgehead atoms. The van der Waals surface area contributed by atoms with Gasteiger partial charge in [-0.05, 0) is 6.07 Å². The van der Waals surface area contributed by atoms with Gasteiger partial charge in [-0.3, -0.25) is 0 Å². The zero-order chi connectivity index (χ0) is 10.9. The second kappa shape index (κ2) is 3.79. The minimum atomic E-state index is -1.21. The van der Waals surface area contributed by atoms with E-state index in [4.69, 9.17) is 17.3 Å². The highest BCUT2D eigenvalue weighted by atomic mass is 35.5. The van der Waals surface area contributed by atoms with E-state index in [1.165, 1.54) is 0 Å². The lowest BCUT2D eigenvalue weighted by atomic mass is 10.1. The lowest BCUT2D eigenvalue weighted by Gasteiger charge is -2.06. The number of esters is 1.